The molecule has 0 saturated carbocycles. The molecule has 8 heteroatoms. The molecule has 26 heavy (non-hydrogen) atoms. The van der Waals surface area contributed by atoms with Crippen LogP contribution in [0.3, 0.4) is 0 Å². The first kappa shape index (κ1) is 20.2. The molecule has 0 bridgehead atoms. The van der Waals surface area contributed by atoms with Crippen LogP contribution >= 0.6 is 0 Å². The summed E-state index contributed by atoms with van der Waals surface area (Å²) in [6.07, 6.45) is -0.186. The van der Waals surface area contributed by atoms with Gasteiger partial charge in [0.1, 0.15) is 5.60 Å². The summed E-state index contributed by atoms with van der Waals surface area (Å²) in [6, 6.07) is 8.09. The van der Waals surface area contributed by atoms with Gasteiger partial charge in [0.15, 0.2) is 0 Å². The Balaban J connectivity index is 2.09. The maximum atomic E-state index is 12.8. The van der Waals surface area contributed by atoms with Crippen LogP contribution in [0.1, 0.15) is 33.3 Å². The summed E-state index contributed by atoms with van der Waals surface area (Å²) in [4.78, 5) is 14.0. The maximum Gasteiger partial charge on any atom is 0.410 e. The van der Waals surface area contributed by atoms with E-state index in [4.69, 9.17) is 10.00 Å². The minimum absolute atomic E-state index is 0.192. The fourth-order valence-electron chi connectivity index (χ4n) is 2.75. The van der Waals surface area contributed by atoms with E-state index in [0.29, 0.717) is 0 Å². The average Bonchev–Trinajstić information content (AvgIpc) is 2.53. The summed E-state index contributed by atoms with van der Waals surface area (Å²) in [7, 11) is -3.64. The van der Waals surface area contributed by atoms with Crippen molar-refractivity contribution in [3.05, 3.63) is 29.8 Å². The maximum absolute atomic E-state index is 12.8. The second kappa shape index (κ2) is 7.64. The molecule has 1 amide bonds. The molecule has 0 spiro atoms. The lowest BCUT2D eigenvalue weighted by molar-refractivity contribution is 0.00859. The van der Waals surface area contributed by atoms with Gasteiger partial charge in [-0.25, -0.2) is 13.2 Å². The number of hydrogen-bond donors (Lipinski definition) is 0. The molecule has 1 aliphatic rings. The highest BCUT2D eigenvalue weighted by Gasteiger charge is 2.35. The topological polar surface area (TPSA) is 90.7 Å². The zero-order valence-electron chi connectivity index (χ0n) is 15.6. The highest BCUT2D eigenvalue weighted by molar-refractivity contribution is 7.89. The summed E-state index contributed by atoms with van der Waals surface area (Å²) in [5.74, 6) is 0. The first-order chi connectivity index (χ1) is 12.0. The van der Waals surface area contributed by atoms with Crippen molar-refractivity contribution in [1.82, 2.24) is 9.21 Å². The Morgan fingerprint density at radius 3 is 2.38 bits per heavy atom. The number of nitrogens with zero attached hydrogens (tertiary/aromatic N) is 3. The van der Waals surface area contributed by atoms with Gasteiger partial charge >= 0.3 is 6.09 Å². The molecule has 0 aromatic heterocycles. The summed E-state index contributed by atoms with van der Waals surface area (Å²) >= 11 is 0. The minimum Gasteiger partial charge on any atom is -0.444 e. The molecule has 1 heterocycles. The van der Waals surface area contributed by atoms with Gasteiger partial charge in [0.25, 0.3) is 0 Å². The lowest BCUT2D eigenvalue weighted by Gasteiger charge is -2.39. The number of nitriles is 1. The average molecular weight is 379 g/mol. The van der Waals surface area contributed by atoms with Crippen molar-refractivity contribution in [2.45, 2.75) is 50.7 Å². The Morgan fingerprint density at radius 1 is 1.27 bits per heavy atom. The highest BCUT2D eigenvalue weighted by atomic mass is 32.2. The third-order valence-corrected chi connectivity index (χ3v) is 5.94. The van der Waals surface area contributed by atoms with Crippen molar-refractivity contribution in [2.24, 2.45) is 0 Å². The molecule has 1 saturated heterocycles. The number of benzene rings is 1. The van der Waals surface area contributed by atoms with Crippen molar-refractivity contribution in [1.29, 1.82) is 5.26 Å². The summed E-state index contributed by atoms with van der Waals surface area (Å²) in [5.41, 5.74) is 0.181. The zero-order valence-corrected chi connectivity index (χ0v) is 16.4. The van der Waals surface area contributed by atoms with Crippen LogP contribution in [-0.2, 0) is 21.2 Å². The molecule has 0 radical (unpaired) electrons. The number of hydrogen-bond acceptors (Lipinski definition) is 5. The molecule has 1 aromatic carbocycles. The Hall–Kier alpha value is -2.11. The van der Waals surface area contributed by atoms with Crippen LogP contribution in [0.2, 0.25) is 0 Å². The minimum atomic E-state index is -3.64. The Morgan fingerprint density at radius 2 is 1.88 bits per heavy atom. The largest absolute Gasteiger partial charge is 0.444 e. The van der Waals surface area contributed by atoms with Crippen molar-refractivity contribution in [2.75, 3.05) is 19.6 Å². The van der Waals surface area contributed by atoms with Gasteiger partial charge < -0.3 is 9.64 Å². The molecular formula is C18H25N3O4S. The molecular weight excluding hydrogens is 354 g/mol. The van der Waals surface area contributed by atoms with E-state index in [1.54, 1.807) is 37.8 Å². The SMILES string of the molecule is C[C@@H]1CN(S(=O)(=O)c2ccc(CC#N)cc2)CCN1C(=O)OC(C)(C)C. The summed E-state index contributed by atoms with van der Waals surface area (Å²) in [5, 5.41) is 8.70. The predicted octanol–water partition coefficient (Wildman–Crippen LogP) is 2.38. The fraction of sp³-hybridized carbons (Fsp3) is 0.556. The van der Waals surface area contributed by atoms with E-state index in [9.17, 15) is 13.2 Å². The van der Waals surface area contributed by atoms with Crippen LogP contribution in [0.4, 0.5) is 4.79 Å². The predicted molar refractivity (Wildman–Crippen MR) is 96.9 cm³/mol. The highest BCUT2D eigenvalue weighted by Crippen LogP contribution is 2.22. The van der Waals surface area contributed by atoms with Crippen LogP contribution in [0, 0.1) is 11.3 Å². The molecule has 1 aromatic rings. The van der Waals surface area contributed by atoms with Crippen LogP contribution in [0.25, 0.3) is 0 Å². The van der Waals surface area contributed by atoms with Gasteiger partial charge in [-0.1, -0.05) is 12.1 Å². The number of piperazine rings is 1. The van der Waals surface area contributed by atoms with Crippen molar-refractivity contribution < 1.29 is 17.9 Å². The van der Waals surface area contributed by atoms with Crippen molar-refractivity contribution in [3.63, 3.8) is 0 Å². The zero-order chi connectivity index (χ0) is 19.5. The monoisotopic (exact) mass is 379 g/mol. The molecule has 7 nitrogen and oxygen atoms in total. The molecule has 0 unspecified atom stereocenters. The van der Waals surface area contributed by atoms with Gasteiger partial charge in [0, 0.05) is 25.7 Å². The van der Waals surface area contributed by atoms with Crippen molar-refractivity contribution >= 4 is 16.1 Å². The van der Waals surface area contributed by atoms with Crippen LogP contribution in [0.5, 0.6) is 0 Å². The Bertz CT molecular complexity index is 791. The molecule has 0 aliphatic carbocycles. The second-order valence-electron chi connectivity index (χ2n) is 7.36. The van der Waals surface area contributed by atoms with Gasteiger partial charge in [0.05, 0.1) is 17.4 Å². The molecule has 0 N–H and O–H groups in total. The van der Waals surface area contributed by atoms with E-state index in [1.165, 1.54) is 16.4 Å². The van der Waals surface area contributed by atoms with Crippen LogP contribution in [-0.4, -0.2) is 55.0 Å². The fourth-order valence-corrected chi connectivity index (χ4v) is 4.27. The van der Waals surface area contributed by atoms with Crippen LogP contribution in [0.15, 0.2) is 29.2 Å². The third kappa shape index (κ3) is 4.74. The standard InChI is InChI=1S/C18H25N3O4S/c1-14-13-20(11-12-21(14)17(22)25-18(2,3)4)26(23,24)16-7-5-15(6-8-16)9-10-19/h5-8,14H,9,11-13H2,1-4H3/t14-/m1/s1. The molecule has 1 fully saturated rings. The molecule has 142 valence electrons. The summed E-state index contributed by atoms with van der Waals surface area (Å²) in [6.45, 7) is 7.90. The first-order valence-corrected chi connectivity index (χ1v) is 9.94. The summed E-state index contributed by atoms with van der Waals surface area (Å²) < 4.78 is 32.4. The smallest absolute Gasteiger partial charge is 0.410 e. The number of amides is 1. The van der Waals surface area contributed by atoms with E-state index in [-0.39, 0.29) is 37.0 Å². The normalized spacial score (nSPS) is 19.0. The molecule has 1 aliphatic heterocycles. The lowest BCUT2D eigenvalue weighted by atomic mass is 10.2. The lowest BCUT2D eigenvalue weighted by Crippen LogP contribution is -2.56. The van der Waals surface area contributed by atoms with E-state index < -0.39 is 21.7 Å². The molecule has 1 atom stereocenters. The number of sulfonamides is 1. The molecule has 2 rings (SSSR count). The van der Waals surface area contributed by atoms with Gasteiger partial charge in [-0.2, -0.15) is 9.57 Å². The quantitative estimate of drug-likeness (QED) is 0.804. The van der Waals surface area contributed by atoms with Gasteiger partial charge in [-0.15, -0.1) is 0 Å². The number of carbonyl (C=O) groups is 1. The number of rotatable bonds is 3. The Kier molecular flexibility index (Phi) is 5.94. The Labute approximate surface area is 155 Å². The van der Waals surface area contributed by atoms with Crippen molar-refractivity contribution in [3.8, 4) is 6.07 Å². The van der Waals surface area contributed by atoms with E-state index in [0.717, 1.165) is 5.56 Å². The number of ether oxygens (including phenoxy) is 1. The van der Waals surface area contributed by atoms with E-state index in [1.807, 2.05) is 13.0 Å². The first-order valence-electron chi connectivity index (χ1n) is 8.50. The van der Waals surface area contributed by atoms with E-state index >= 15 is 0 Å². The van der Waals surface area contributed by atoms with Gasteiger partial charge in [-0.3, -0.25) is 0 Å². The second-order valence-corrected chi connectivity index (χ2v) is 9.30. The van der Waals surface area contributed by atoms with Crippen LogP contribution < -0.4 is 0 Å². The number of carbonyl (C=O) groups excluding carboxylic acids is 1. The van der Waals surface area contributed by atoms with Gasteiger partial charge in [0.2, 0.25) is 10.0 Å². The third-order valence-electron chi connectivity index (χ3n) is 4.06. The van der Waals surface area contributed by atoms with Gasteiger partial charge in [-0.05, 0) is 45.4 Å². The van der Waals surface area contributed by atoms with E-state index in [2.05, 4.69) is 0 Å².